The minimum atomic E-state index is 0.0959. The van der Waals surface area contributed by atoms with Gasteiger partial charge in [0.15, 0.2) is 0 Å². The van der Waals surface area contributed by atoms with E-state index in [1.165, 1.54) is 5.56 Å². The van der Waals surface area contributed by atoms with Crippen LogP contribution in [0.5, 0.6) is 0 Å². The molecule has 7 nitrogen and oxygen atoms in total. The molecule has 0 spiro atoms. The first-order chi connectivity index (χ1) is 11.2. The summed E-state index contributed by atoms with van der Waals surface area (Å²) in [4.78, 5) is 2.33. The van der Waals surface area contributed by atoms with E-state index in [2.05, 4.69) is 43.5 Å². The van der Waals surface area contributed by atoms with Crippen molar-refractivity contribution in [3.05, 3.63) is 41.7 Å². The molecule has 1 aliphatic rings. The number of hydrogen-bond donors (Lipinski definition) is 1. The Kier molecular flexibility index (Phi) is 3.59. The van der Waals surface area contributed by atoms with Crippen LogP contribution in [0.25, 0.3) is 10.9 Å². The molecule has 0 unspecified atom stereocenters. The van der Waals surface area contributed by atoms with Crippen molar-refractivity contribution in [2.24, 2.45) is 0 Å². The van der Waals surface area contributed by atoms with Gasteiger partial charge in [0.25, 0.3) is 0 Å². The highest BCUT2D eigenvalue weighted by Gasteiger charge is 2.36. The van der Waals surface area contributed by atoms with Gasteiger partial charge in [0, 0.05) is 32.5 Å². The number of hydrogen-bond acceptors (Lipinski definition) is 6. The molecular weight excluding hydrogens is 294 g/mol. The smallest absolute Gasteiger partial charge is 0.233 e. The van der Waals surface area contributed by atoms with Gasteiger partial charge in [0.2, 0.25) is 11.8 Å². The quantitative estimate of drug-likeness (QED) is 0.795. The molecule has 4 rings (SSSR count). The third-order valence-corrected chi connectivity index (χ3v) is 4.42. The van der Waals surface area contributed by atoms with Gasteiger partial charge in [-0.05, 0) is 18.1 Å². The maximum absolute atomic E-state index is 5.65. The van der Waals surface area contributed by atoms with Crippen LogP contribution in [0, 0.1) is 6.92 Å². The highest BCUT2D eigenvalue weighted by atomic mass is 16.5. The van der Waals surface area contributed by atoms with Crippen molar-refractivity contribution in [2.45, 2.75) is 32.0 Å². The van der Waals surface area contributed by atoms with E-state index in [9.17, 15) is 0 Å². The van der Waals surface area contributed by atoms with E-state index >= 15 is 0 Å². The molecule has 1 fully saturated rings. The van der Waals surface area contributed by atoms with E-state index in [1.54, 1.807) is 7.11 Å². The minimum absolute atomic E-state index is 0.0959. The zero-order valence-electron chi connectivity index (χ0n) is 13.2. The molecule has 1 saturated heterocycles. The molecule has 23 heavy (non-hydrogen) atoms. The molecule has 0 bridgehead atoms. The molecule has 2 atom stereocenters. The van der Waals surface area contributed by atoms with Crippen LogP contribution in [0.1, 0.15) is 29.8 Å². The number of fused-ring (bicyclic) bond motifs is 1. The van der Waals surface area contributed by atoms with Crippen LogP contribution in [0.4, 0.5) is 0 Å². The molecule has 0 saturated carbocycles. The van der Waals surface area contributed by atoms with Gasteiger partial charge in [-0.1, -0.05) is 12.1 Å². The van der Waals surface area contributed by atoms with E-state index in [-0.39, 0.29) is 12.1 Å². The Morgan fingerprint density at radius 2 is 2.30 bits per heavy atom. The molecule has 7 heteroatoms. The van der Waals surface area contributed by atoms with Crippen LogP contribution in [0.2, 0.25) is 0 Å². The predicted molar refractivity (Wildman–Crippen MR) is 83.7 cm³/mol. The molecule has 3 heterocycles. The predicted octanol–water partition coefficient (Wildman–Crippen LogP) is 2.22. The average Bonchev–Trinajstić information content (AvgIpc) is 3.26. The third-order valence-electron chi connectivity index (χ3n) is 4.42. The molecule has 3 aromatic rings. The zero-order valence-corrected chi connectivity index (χ0v) is 13.2. The van der Waals surface area contributed by atoms with Crippen molar-refractivity contribution in [2.75, 3.05) is 13.7 Å². The van der Waals surface area contributed by atoms with Crippen LogP contribution < -0.4 is 0 Å². The van der Waals surface area contributed by atoms with Gasteiger partial charge < -0.3 is 9.15 Å². The summed E-state index contributed by atoms with van der Waals surface area (Å²) in [6, 6.07) is 6.45. The molecule has 2 aromatic heterocycles. The summed E-state index contributed by atoms with van der Waals surface area (Å²) in [5.74, 6) is 1.27. The van der Waals surface area contributed by atoms with Crippen molar-refractivity contribution in [3.8, 4) is 0 Å². The summed E-state index contributed by atoms with van der Waals surface area (Å²) in [6.07, 6.45) is 2.88. The number of methoxy groups -OCH3 is 1. The number of aryl methyl sites for hydroxylation is 1. The number of nitrogens with zero attached hydrogens (tertiary/aromatic N) is 4. The number of nitrogens with one attached hydrogen (secondary N) is 1. The standard InChI is InChI=1S/C16H19N5O2/c1-10-18-20-16(23-10)15-6-13(22-2)9-21(15)8-11-3-4-12-7-17-19-14(12)5-11/h3-5,7,13,15H,6,8-9H2,1-2H3,(H,17,19)/t13-,15-/m1/s1. The molecule has 0 amide bonds. The van der Waals surface area contributed by atoms with Crippen molar-refractivity contribution in [1.29, 1.82) is 0 Å². The molecule has 0 aliphatic carbocycles. The maximum atomic E-state index is 5.65. The van der Waals surface area contributed by atoms with Gasteiger partial charge in [-0.15, -0.1) is 10.2 Å². The lowest BCUT2D eigenvalue weighted by Gasteiger charge is -2.21. The van der Waals surface area contributed by atoms with E-state index in [1.807, 2.05) is 13.1 Å². The Balaban J connectivity index is 1.59. The number of aromatic nitrogens is 4. The number of likely N-dealkylation sites (tertiary alicyclic amines) is 1. The van der Waals surface area contributed by atoms with Crippen molar-refractivity contribution < 1.29 is 9.15 Å². The second-order valence-corrected chi connectivity index (χ2v) is 5.99. The topological polar surface area (TPSA) is 80.1 Å². The summed E-state index contributed by atoms with van der Waals surface area (Å²) < 4.78 is 11.2. The average molecular weight is 313 g/mol. The lowest BCUT2D eigenvalue weighted by atomic mass is 10.1. The van der Waals surface area contributed by atoms with Crippen molar-refractivity contribution >= 4 is 10.9 Å². The lowest BCUT2D eigenvalue weighted by Crippen LogP contribution is -2.25. The Labute approximate surface area is 133 Å². The van der Waals surface area contributed by atoms with E-state index < -0.39 is 0 Å². The highest BCUT2D eigenvalue weighted by Crippen LogP contribution is 2.34. The summed E-state index contributed by atoms with van der Waals surface area (Å²) in [6.45, 7) is 3.47. The number of ether oxygens (including phenoxy) is 1. The summed E-state index contributed by atoms with van der Waals surface area (Å²) in [7, 11) is 1.75. The normalized spacial score (nSPS) is 22.2. The molecule has 1 aromatic carbocycles. The Morgan fingerprint density at radius 1 is 1.39 bits per heavy atom. The van der Waals surface area contributed by atoms with Crippen molar-refractivity contribution in [3.63, 3.8) is 0 Å². The molecule has 0 radical (unpaired) electrons. The summed E-state index contributed by atoms with van der Waals surface area (Å²) in [5, 5.41) is 16.4. The third kappa shape index (κ3) is 2.73. The van der Waals surface area contributed by atoms with Crippen LogP contribution >= 0.6 is 0 Å². The van der Waals surface area contributed by atoms with Gasteiger partial charge in [0.1, 0.15) is 0 Å². The van der Waals surface area contributed by atoms with Crippen LogP contribution in [-0.2, 0) is 11.3 Å². The van der Waals surface area contributed by atoms with Gasteiger partial charge in [-0.25, -0.2) is 0 Å². The van der Waals surface area contributed by atoms with Crippen LogP contribution in [0.3, 0.4) is 0 Å². The van der Waals surface area contributed by atoms with Gasteiger partial charge >= 0.3 is 0 Å². The Morgan fingerprint density at radius 3 is 3.09 bits per heavy atom. The first-order valence-electron chi connectivity index (χ1n) is 7.72. The number of benzene rings is 1. The molecule has 1 aliphatic heterocycles. The Hall–Kier alpha value is -2.25. The van der Waals surface area contributed by atoms with E-state index in [4.69, 9.17) is 9.15 Å². The first-order valence-corrected chi connectivity index (χ1v) is 7.72. The SMILES string of the molecule is CO[C@@H]1C[C@H](c2nnc(C)o2)N(Cc2ccc3cn[nH]c3c2)C1. The lowest BCUT2D eigenvalue weighted by molar-refractivity contribution is 0.107. The fourth-order valence-electron chi connectivity index (χ4n) is 3.23. The fraction of sp³-hybridized carbons (Fsp3) is 0.438. The maximum Gasteiger partial charge on any atom is 0.233 e. The molecule has 120 valence electrons. The highest BCUT2D eigenvalue weighted by molar-refractivity contribution is 5.78. The minimum Gasteiger partial charge on any atom is -0.424 e. The fourth-order valence-corrected chi connectivity index (χ4v) is 3.23. The zero-order chi connectivity index (χ0) is 15.8. The Bertz CT molecular complexity index is 812. The first kappa shape index (κ1) is 14.3. The molecular formula is C16H19N5O2. The van der Waals surface area contributed by atoms with Gasteiger partial charge in [-0.2, -0.15) is 5.10 Å². The largest absolute Gasteiger partial charge is 0.424 e. The monoisotopic (exact) mass is 313 g/mol. The van der Waals surface area contributed by atoms with E-state index in [0.29, 0.717) is 11.8 Å². The summed E-state index contributed by atoms with van der Waals surface area (Å²) >= 11 is 0. The van der Waals surface area contributed by atoms with Gasteiger partial charge in [-0.3, -0.25) is 10.00 Å². The van der Waals surface area contributed by atoms with Crippen LogP contribution in [-0.4, -0.2) is 45.1 Å². The summed E-state index contributed by atoms with van der Waals surface area (Å²) in [5.41, 5.74) is 2.27. The number of H-pyrrole nitrogens is 1. The number of aromatic amines is 1. The second-order valence-electron chi connectivity index (χ2n) is 5.99. The van der Waals surface area contributed by atoms with Crippen LogP contribution in [0.15, 0.2) is 28.8 Å². The molecule has 1 N–H and O–H groups in total. The van der Waals surface area contributed by atoms with Crippen molar-refractivity contribution in [1.82, 2.24) is 25.3 Å². The second kappa shape index (κ2) is 5.75. The van der Waals surface area contributed by atoms with E-state index in [0.717, 1.165) is 30.4 Å². The van der Waals surface area contributed by atoms with Gasteiger partial charge in [0.05, 0.1) is 23.9 Å². The number of rotatable bonds is 4.